The van der Waals surface area contributed by atoms with Gasteiger partial charge in [-0.3, -0.25) is 9.59 Å². The maximum Gasteiger partial charge on any atom is 0.310 e. The van der Waals surface area contributed by atoms with Gasteiger partial charge in [-0.15, -0.1) is 6.58 Å². The van der Waals surface area contributed by atoms with Gasteiger partial charge in [0.1, 0.15) is 0 Å². The number of carbonyl (C=O) groups excluding carboxylic acids is 2. The van der Waals surface area contributed by atoms with Gasteiger partial charge in [-0.1, -0.05) is 36.7 Å². The Morgan fingerprint density at radius 2 is 2.10 bits per heavy atom. The lowest BCUT2D eigenvalue weighted by atomic mass is 10.1. The predicted octanol–water partition coefficient (Wildman–Crippen LogP) is 2.78. The summed E-state index contributed by atoms with van der Waals surface area (Å²) >= 11 is 6.02. The van der Waals surface area contributed by atoms with Gasteiger partial charge in [0.15, 0.2) is 0 Å². The first kappa shape index (κ1) is 16.2. The Morgan fingerprint density at radius 1 is 1.45 bits per heavy atom. The molecule has 0 radical (unpaired) electrons. The zero-order chi connectivity index (χ0) is 15.1. The highest BCUT2D eigenvalue weighted by molar-refractivity contribution is 6.33. The standard InChI is InChI=1S/C15H18ClNO3/c1-4-9-17(10-11(2)15(19)20-3)14(18)12-7-5-6-8-13(12)16/h4-8,11H,1,9-10H2,2-3H3. The van der Waals surface area contributed by atoms with Crippen LogP contribution < -0.4 is 0 Å². The van der Waals surface area contributed by atoms with Gasteiger partial charge < -0.3 is 9.64 Å². The zero-order valence-electron chi connectivity index (χ0n) is 11.6. The summed E-state index contributed by atoms with van der Waals surface area (Å²) in [6.45, 7) is 5.93. The van der Waals surface area contributed by atoms with Crippen LogP contribution in [0.1, 0.15) is 17.3 Å². The van der Waals surface area contributed by atoms with Crippen LogP contribution >= 0.6 is 11.6 Å². The van der Waals surface area contributed by atoms with Crippen molar-refractivity contribution in [3.05, 3.63) is 47.5 Å². The second kappa shape index (κ2) is 7.70. The quantitative estimate of drug-likeness (QED) is 0.599. The lowest BCUT2D eigenvalue weighted by Crippen LogP contribution is -2.37. The zero-order valence-corrected chi connectivity index (χ0v) is 12.4. The highest BCUT2D eigenvalue weighted by atomic mass is 35.5. The van der Waals surface area contributed by atoms with Gasteiger partial charge in [0.2, 0.25) is 0 Å². The number of carbonyl (C=O) groups is 2. The molecular weight excluding hydrogens is 278 g/mol. The van der Waals surface area contributed by atoms with Crippen LogP contribution in [0.25, 0.3) is 0 Å². The number of halogens is 1. The third-order valence-electron chi connectivity index (χ3n) is 2.84. The molecule has 20 heavy (non-hydrogen) atoms. The average Bonchev–Trinajstić information content (AvgIpc) is 2.45. The van der Waals surface area contributed by atoms with Crippen molar-refractivity contribution in [3.63, 3.8) is 0 Å². The molecule has 1 rings (SSSR count). The molecule has 0 heterocycles. The fourth-order valence-corrected chi connectivity index (χ4v) is 2.02. The molecule has 0 bridgehead atoms. The van der Waals surface area contributed by atoms with Crippen LogP contribution in [0.2, 0.25) is 5.02 Å². The van der Waals surface area contributed by atoms with Gasteiger partial charge in [0, 0.05) is 13.1 Å². The number of hydrogen-bond acceptors (Lipinski definition) is 3. The van der Waals surface area contributed by atoms with E-state index in [1.165, 1.54) is 12.0 Å². The number of benzene rings is 1. The number of amides is 1. The Labute approximate surface area is 124 Å². The first-order chi connectivity index (χ1) is 9.51. The molecule has 1 atom stereocenters. The van der Waals surface area contributed by atoms with E-state index in [0.29, 0.717) is 17.1 Å². The van der Waals surface area contributed by atoms with Gasteiger partial charge in [0.05, 0.1) is 23.6 Å². The van der Waals surface area contributed by atoms with Crippen molar-refractivity contribution in [1.29, 1.82) is 0 Å². The van der Waals surface area contributed by atoms with Crippen LogP contribution in [0.3, 0.4) is 0 Å². The smallest absolute Gasteiger partial charge is 0.310 e. The molecule has 4 nitrogen and oxygen atoms in total. The molecule has 1 unspecified atom stereocenters. The molecular formula is C15H18ClNO3. The van der Waals surface area contributed by atoms with Crippen molar-refractivity contribution in [2.24, 2.45) is 5.92 Å². The van der Waals surface area contributed by atoms with Crippen LogP contribution in [0.5, 0.6) is 0 Å². The lowest BCUT2D eigenvalue weighted by Gasteiger charge is -2.24. The number of hydrogen-bond donors (Lipinski definition) is 0. The molecule has 1 aromatic rings. The highest BCUT2D eigenvalue weighted by Crippen LogP contribution is 2.18. The fraction of sp³-hybridized carbons (Fsp3) is 0.333. The lowest BCUT2D eigenvalue weighted by molar-refractivity contribution is -0.145. The molecule has 108 valence electrons. The molecule has 5 heteroatoms. The number of methoxy groups -OCH3 is 1. The molecule has 0 aromatic heterocycles. The van der Waals surface area contributed by atoms with E-state index in [1.54, 1.807) is 37.3 Å². The van der Waals surface area contributed by atoms with Crippen LogP contribution in [-0.4, -0.2) is 37.0 Å². The molecule has 0 N–H and O–H groups in total. The number of ether oxygens (including phenoxy) is 1. The Bertz CT molecular complexity index is 502. The van der Waals surface area contributed by atoms with E-state index in [0.717, 1.165) is 0 Å². The minimum atomic E-state index is -0.411. The summed E-state index contributed by atoms with van der Waals surface area (Å²) in [6.07, 6.45) is 1.61. The monoisotopic (exact) mass is 295 g/mol. The summed E-state index contributed by atoms with van der Waals surface area (Å²) < 4.78 is 4.67. The van der Waals surface area contributed by atoms with Crippen LogP contribution in [-0.2, 0) is 9.53 Å². The summed E-state index contributed by atoms with van der Waals surface area (Å²) in [7, 11) is 1.33. The molecule has 1 aromatic carbocycles. The summed E-state index contributed by atoms with van der Waals surface area (Å²) in [5.74, 6) is -0.997. The second-order valence-electron chi connectivity index (χ2n) is 4.40. The summed E-state index contributed by atoms with van der Waals surface area (Å²) in [6, 6.07) is 6.82. The predicted molar refractivity (Wildman–Crippen MR) is 78.7 cm³/mol. The van der Waals surface area contributed by atoms with Crippen molar-refractivity contribution >= 4 is 23.5 Å². The third kappa shape index (κ3) is 4.10. The Balaban J connectivity index is 2.91. The minimum Gasteiger partial charge on any atom is -0.469 e. The molecule has 0 spiro atoms. The first-order valence-electron chi connectivity index (χ1n) is 6.23. The molecule has 0 aliphatic rings. The Kier molecular flexibility index (Phi) is 6.25. The van der Waals surface area contributed by atoms with Crippen LogP contribution in [0.15, 0.2) is 36.9 Å². The fourth-order valence-electron chi connectivity index (χ4n) is 1.81. The van der Waals surface area contributed by atoms with E-state index in [1.807, 2.05) is 0 Å². The van der Waals surface area contributed by atoms with E-state index >= 15 is 0 Å². The van der Waals surface area contributed by atoms with E-state index in [4.69, 9.17) is 11.6 Å². The van der Waals surface area contributed by atoms with E-state index in [-0.39, 0.29) is 18.4 Å². The summed E-state index contributed by atoms with van der Waals surface area (Å²) in [5, 5.41) is 0.386. The minimum absolute atomic E-state index is 0.230. The molecule has 1 amide bonds. The topological polar surface area (TPSA) is 46.6 Å². The largest absolute Gasteiger partial charge is 0.469 e. The summed E-state index contributed by atoms with van der Waals surface area (Å²) in [5.41, 5.74) is 0.410. The highest BCUT2D eigenvalue weighted by Gasteiger charge is 2.22. The van der Waals surface area contributed by atoms with Crippen LogP contribution in [0.4, 0.5) is 0 Å². The average molecular weight is 296 g/mol. The molecule has 0 saturated carbocycles. The van der Waals surface area contributed by atoms with Crippen molar-refractivity contribution in [2.45, 2.75) is 6.92 Å². The van der Waals surface area contributed by atoms with Gasteiger partial charge in [-0.2, -0.15) is 0 Å². The van der Waals surface area contributed by atoms with Gasteiger partial charge >= 0.3 is 5.97 Å². The number of nitrogens with zero attached hydrogens (tertiary/aromatic N) is 1. The van der Waals surface area contributed by atoms with Crippen molar-refractivity contribution in [3.8, 4) is 0 Å². The number of esters is 1. The molecule has 0 fully saturated rings. The molecule has 0 aliphatic carbocycles. The van der Waals surface area contributed by atoms with Crippen molar-refractivity contribution in [1.82, 2.24) is 4.90 Å². The van der Waals surface area contributed by atoms with Crippen molar-refractivity contribution in [2.75, 3.05) is 20.2 Å². The van der Waals surface area contributed by atoms with Gasteiger partial charge in [-0.25, -0.2) is 0 Å². The normalized spacial score (nSPS) is 11.6. The van der Waals surface area contributed by atoms with Crippen molar-refractivity contribution < 1.29 is 14.3 Å². The Hall–Kier alpha value is -1.81. The molecule has 0 saturated heterocycles. The third-order valence-corrected chi connectivity index (χ3v) is 3.17. The van der Waals surface area contributed by atoms with E-state index < -0.39 is 5.92 Å². The maximum absolute atomic E-state index is 12.4. The second-order valence-corrected chi connectivity index (χ2v) is 4.81. The van der Waals surface area contributed by atoms with E-state index in [2.05, 4.69) is 11.3 Å². The SMILES string of the molecule is C=CCN(CC(C)C(=O)OC)C(=O)c1ccccc1Cl. The number of rotatable bonds is 6. The maximum atomic E-state index is 12.4. The Morgan fingerprint density at radius 3 is 2.65 bits per heavy atom. The van der Waals surface area contributed by atoms with Crippen LogP contribution in [0, 0.1) is 5.92 Å². The molecule has 0 aliphatic heterocycles. The van der Waals surface area contributed by atoms with Gasteiger partial charge in [-0.05, 0) is 12.1 Å². The summed E-state index contributed by atoms with van der Waals surface area (Å²) in [4.78, 5) is 25.4. The van der Waals surface area contributed by atoms with Gasteiger partial charge in [0.25, 0.3) is 5.91 Å². The first-order valence-corrected chi connectivity index (χ1v) is 6.61. The van der Waals surface area contributed by atoms with E-state index in [9.17, 15) is 9.59 Å².